The molecule has 0 aliphatic carbocycles. The molecule has 0 aliphatic heterocycles. The third-order valence-electron chi connectivity index (χ3n) is 8.28. The summed E-state index contributed by atoms with van der Waals surface area (Å²) in [5, 5.41) is 2.48. The summed E-state index contributed by atoms with van der Waals surface area (Å²) in [6.45, 7) is 20.1. The molecule has 0 amide bonds. The quantitative estimate of drug-likeness (QED) is 0.0411. The summed E-state index contributed by atoms with van der Waals surface area (Å²) in [5.74, 6) is 0. The van der Waals surface area contributed by atoms with E-state index in [4.69, 9.17) is 61.3 Å². The lowest BCUT2D eigenvalue weighted by Gasteiger charge is -2.43. The topological polar surface area (TPSA) is 120 Å². The molecule has 0 aromatic heterocycles. The molecule has 0 N–H and O–H groups in total. The Bertz CT molecular complexity index is 1090. The van der Waals surface area contributed by atoms with E-state index in [1.165, 1.54) is 10.4 Å². The van der Waals surface area contributed by atoms with E-state index in [0.717, 1.165) is 11.0 Å². The zero-order valence-corrected chi connectivity index (χ0v) is 38.0. The van der Waals surface area contributed by atoms with Gasteiger partial charge in [0.25, 0.3) is 8.32 Å². The molecule has 0 unspecified atom stereocenters. The third-order valence-corrected chi connectivity index (χ3v) is 13.8. The third kappa shape index (κ3) is 26.0. The van der Waals surface area contributed by atoms with Crippen LogP contribution < -0.4 is 10.4 Å². The lowest BCUT2D eigenvalue weighted by Crippen LogP contribution is -2.66. The molecule has 0 atom stereocenters. The van der Waals surface area contributed by atoms with Crippen LogP contribution in [0.2, 0.25) is 5.04 Å². The van der Waals surface area contributed by atoms with Crippen LogP contribution in [-0.4, -0.2) is 178 Å². The Morgan fingerprint density at radius 2 is 0.544 bits per heavy atom. The fourth-order valence-electron chi connectivity index (χ4n) is 5.59. The highest BCUT2D eigenvalue weighted by atomic mass is 127. The van der Waals surface area contributed by atoms with Gasteiger partial charge in [-0.05, 0) is 15.4 Å². The standard InChI is InChI=1S/C42H71IO13Si/c1-42(2,3)57(40-10-6-4-7-11-40,41-12-8-5-9-13-41)56-39-38-55-37-36-54-35-34-53-33-32-52-31-30-51-29-28-50-27-26-49-25-24-48-23-22-47-21-20-46-19-18-45-17-16-44-15-14-43/h4-13H,14-39H2,1-3H3. The first-order valence-corrected chi connectivity index (χ1v) is 23.7. The maximum absolute atomic E-state index is 6.85. The van der Waals surface area contributed by atoms with Crippen LogP contribution >= 0.6 is 22.6 Å². The van der Waals surface area contributed by atoms with E-state index in [1.54, 1.807) is 0 Å². The van der Waals surface area contributed by atoms with Gasteiger partial charge in [0, 0.05) is 4.43 Å². The average molecular weight is 939 g/mol. The molecule has 0 radical (unpaired) electrons. The van der Waals surface area contributed by atoms with Gasteiger partial charge >= 0.3 is 0 Å². The Morgan fingerprint density at radius 3 is 0.754 bits per heavy atom. The number of benzene rings is 2. The van der Waals surface area contributed by atoms with Crippen molar-refractivity contribution in [2.45, 2.75) is 25.8 Å². The predicted octanol–water partition coefficient (Wildman–Crippen LogP) is 4.20. The van der Waals surface area contributed by atoms with Crippen molar-refractivity contribution in [3.8, 4) is 0 Å². The molecule has 328 valence electrons. The second-order valence-electron chi connectivity index (χ2n) is 13.5. The molecule has 0 saturated heterocycles. The molecule has 15 heteroatoms. The zero-order valence-electron chi connectivity index (χ0n) is 34.8. The number of hydrogen-bond donors (Lipinski definition) is 0. The van der Waals surface area contributed by atoms with E-state index < -0.39 is 8.32 Å². The van der Waals surface area contributed by atoms with Crippen molar-refractivity contribution in [1.29, 1.82) is 0 Å². The number of hydrogen-bond acceptors (Lipinski definition) is 13. The first kappa shape index (κ1) is 52.0. The fourth-order valence-corrected chi connectivity index (χ4v) is 10.4. The summed E-state index contributed by atoms with van der Waals surface area (Å²) in [7, 11) is -2.54. The van der Waals surface area contributed by atoms with Gasteiger partial charge in [0.15, 0.2) is 0 Å². The number of rotatable bonds is 41. The van der Waals surface area contributed by atoms with Crippen LogP contribution in [0.1, 0.15) is 20.8 Å². The van der Waals surface area contributed by atoms with E-state index >= 15 is 0 Å². The predicted molar refractivity (Wildman–Crippen MR) is 232 cm³/mol. The molecule has 0 fully saturated rings. The van der Waals surface area contributed by atoms with Crippen molar-refractivity contribution in [3.05, 3.63) is 60.7 Å². The second kappa shape index (κ2) is 36.7. The van der Waals surface area contributed by atoms with Gasteiger partial charge in [0.1, 0.15) is 0 Å². The molecular weight excluding hydrogens is 867 g/mol. The highest BCUT2D eigenvalue weighted by Gasteiger charge is 2.50. The smallest absolute Gasteiger partial charge is 0.261 e. The van der Waals surface area contributed by atoms with Gasteiger partial charge in [-0.15, -0.1) is 0 Å². The first-order chi connectivity index (χ1) is 28.0. The molecular formula is C42H71IO13Si. The molecule has 57 heavy (non-hydrogen) atoms. The van der Waals surface area contributed by atoms with Gasteiger partial charge in [0.2, 0.25) is 0 Å². The van der Waals surface area contributed by atoms with Crippen molar-refractivity contribution in [2.24, 2.45) is 0 Å². The summed E-state index contributed by atoms with van der Waals surface area (Å²) in [4.78, 5) is 0. The van der Waals surface area contributed by atoms with Crippen molar-refractivity contribution < 1.29 is 61.3 Å². The largest absolute Gasteiger partial charge is 0.405 e. The van der Waals surface area contributed by atoms with Crippen LogP contribution in [0.3, 0.4) is 0 Å². The minimum Gasteiger partial charge on any atom is -0.405 e. The molecule has 0 heterocycles. The van der Waals surface area contributed by atoms with Crippen molar-refractivity contribution in [3.63, 3.8) is 0 Å². The van der Waals surface area contributed by atoms with Crippen LogP contribution in [0.5, 0.6) is 0 Å². The Hall–Kier alpha value is -1.13. The van der Waals surface area contributed by atoms with Crippen molar-refractivity contribution >= 4 is 41.3 Å². The lowest BCUT2D eigenvalue weighted by atomic mass is 10.2. The zero-order chi connectivity index (χ0) is 40.8. The summed E-state index contributed by atoms with van der Waals surface area (Å²) in [6.07, 6.45) is 0. The van der Waals surface area contributed by atoms with Gasteiger partial charge in [-0.3, -0.25) is 0 Å². The fraction of sp³-hybridized carbons (Fsp3) is 0.714. The minimum atomic E-state index is -2.54. The number of ether oxygens (including phenoxy) is 12. The maximum atomic E-state index is 6.85. The normalized spacial score (nSPS) is 12.1. The molecule has 2 aromatic carbocycles. The van der Waals surface area contributed by atoms with Crippen LogP contribution in [0.4, 0.5) is 0 Å². The van der Waals surface area contributed by atoms with Crippen molar-refractivity contribution in [1.82, 2.24) is 0 Å². The summed E-state index contributed by atoms with van der Waals surface area (Å²) in [6, 6.07) is 21.3. The van der Waals surface area contributed by atoms with Gasteiger partial charge in [0.05, 0.1) is 165 Å². The van der Waals surface area contributed by atoms with Crippen molar-refractivity contribution in [2.75, 3.05) is 170 Å². The second-order valence-corrected chi connectivity index (χ2v) is 18.9. The van der Waals surface area contributed by atoms with Crippen LogP contribution in [-0.2, 0) is 61.3 Å². The van der Waals surface area contributed by atoms with E-state index in [-0.39, 0.29) is 5.04 Å². The van der Waals surface area contributed by atoms with E-state index in [2.05, 4.69) is 104 Å². The summed E-state index contributed by atoms with van der Waals surface area (Å²) >= 11 is 2.28. The Labute approximate surface area is 357 Å². The van der Waals surface area contributed by atoms with E-state index in [1.807, 2.05) is 0 Å². The van der Waals surface area contributed by atoms with Crippen LogP contribution in [0.15, 0.2) is 60.7 Å². The summed E-state index contributed by atoms with van der Waals surface area (Å²) < 4.78 is 74.3. The lowest BCUT2D eigenvalue weighted by molar-refractivity contribution is -0.0284. The molecule has 0 saturated carbocycles. The number of halogens is 1. The van der Waals surface area contributed by atoms with E-state index in [9.17, 15) is 0 Å². The van der Waals surface area contributed by atoms with Gasteiger partial charge in [-0.1, -0.05) is 104 Å². The van der Waals surface area contributed by atoms with Crippen LogP contribution in [0.25, 0.3) is 0 Å². The van der Waals surface area contributed by atoms with Gasteiger partial charge in [-0.25, -0.2) is 0 Å². The maximum Gasteiger partial charge on any atom is 0.261 e. The molecule has 0 spiro atoms. The SMILES string of the molecule is CC(C)(C)[Si](OCCOCCOCCOCCOCCOCCOCCOCCOCCOCCOCCOCCOCCI)(c1ccccc1)c1ccccc1. The van der Waals surface area contributed by atoms with E-state index in [0.29, 0.717) is 159 Å². The molecule has 0 bridgehead atoms. The molecule has 2 aromatic rings. The first-order valence-electron chi connectivity index (χ1n) is 20.3. The molecule has 0 aliphatic rings. The van der Waals surface area contributed by atoms with Crippen LogP contribution in [0, 0.1) is 0 Å². The molecule has 13 nitrogen and oxygen atoms in total. The van der Waals surface area contributed by atoms with Gasteiger partial charge < -0.3 is 61.3 Å². The average Bonchev–Trinajstić information content (AvgIpc) is 3.22. The highest BCUT2D eigenvalue weighted by molar-refractivity contribution is 14.1. The Balaban J connectivity index is 1.27. The Kier molecular flexibility index (Phi) is 33.5. The summed E-state index contributed by atoms with van der Waals surface area (Å²) in [5.41, 5.74) is 0. The Morgan fingerprint density at radius 1 is 0.333 bits per heavy atom. The number of alkyl halides is 1. The monoisotopic (exact) mass is 938 g/mol. The molecule has 2 rings (SSSR count). The van der Waals surface area contributed by atoms with Gasteiger partial charge in [-0.2, -0.15) is 0 Å². The highest BCUT2D eigenvalue weighted by Crippen LogP contribution is 2.36. The minimum absolute atomic E-state index is 0.0577.